The van der Waals surface area contributed by atoms with Gasteiger partial charge in [0.2, 0.25) is 5.95 Å². The van der Waals surface area contributed by atoms with E-state index >= 15 is 0 Å². The van der Waals surface area contributed by atoms with E-state index in [9.17, 15) is 8.42 Å². The Kier molecular flexibility index (Phi) is 5.54. The van der Waals surface area contributed by atoms with Crippen LogP contribution in [0.4, 0.5) is 11.9 Å². The zero-order valence-corrected chi connectivity index (χ0v) is 19.5. The molecule has 3 aromatic carbocycles. The summed E-state index contributed by atoms with van der Waals surface area (Å²) in [7, 11) is -2.22. The summed E-state index contributed by atoms with van der Waals surface area (Å²) in [6.45, 7) is 1.90. The standard InChI is InChI=1S/C25H23N5O3S/c1-17-8-14-21(15-9-17)34(31,32)29-24-27-25-26-22(18-6-4-3-5-7-18)16-23(30(25)28-24)19-10-12-20(33-2)13-11-19/h3-16,23H,1-2H3,(H2,26,27,28,29). The minimum Gasteiger partial charge on any atom is -0.497 e. The van der Waals surface area contributed by atoms with E-state index in [0.29, 0.717) is 5.95 Å². The number of fused-ring (bicyclic) bond motifs is 1. The highest BCUT2D eigenvalue weighted by molar-refractivity contribution is 7.92. The lowest BCUT2D eigenvalue weighted by atomic mass is 10.0. The van der Waals surface area contributed by atoms with Crippen LogP contribution in [0.25, 0.3) is 5.70 Å². The van der Waals surface area contributed by atoms with Crippen molar-refractivity contribution in [2.24, 2.45) is 0 Å². The highest BCUT2D eigenvalue weighted by Crippen LogP contribution is 2.34. The smallest absolute Gasteiger partial charge is 0.264 e. The minimum absolute atomic E-state index is 0.00991. The molecule has 4 aromatic rings. The van der Waals surface area contributed by atoms with Crippen LogP contribution in [0.2, 0.25) is 0 Å². The highest BCUT2D eigenvalue weighted by Gasteiger charge is 2.27. The van der Waals surface area contributed by atoms with Gasteiger partial charge in [-0.2, -0.15) is 4.98 Å². The van der Waals surface area contributed by atoms with Crippen LogP contribution in [0.15, 0.2) is 89.8 Å². The first-order valence-corrected chi connectivity index (χ1v) is 12.2. The Balaban J connectivity index is 1.53. The second-order valence-electron chi connectivity index (χ2n) is 7.91. The van der Waals surface area contributed by atoms with Gasteiger partial charge >= 0.3 is 0 Å². The predicted molar refractivity (Wildman–Crippen MR) is 131 cm³/mol. The van der Waals surface area contributed by atoms with Crippen molar-refractivity contribution in [2.75, 3.05) is 17.1 Å². The highest BCUT2D eigenvalue weighted by atomic mass is 32.2. The van der Waals surface area contributed by atoms with Crippen molar-refractivity contribution in [2.45, 2.75) is 17.9 Å². The Bertz CT molecular complexity index is 1440. The van der Waals surface area contributed by atoms with Crippen molar-refractivity contribution in [1.29, 1.82) is 0 Å². The molecule has 1 aromatic heterocycles. The molecule has 0 radical (unpaired) electrons. The topological polar surface area (TPSA) is 98.1 Å². The number of anilines is 2. The van der Waals surface area contributed by atoms with Gasteiger partial charge < -0.3 is 10.1 Å². The summed E-state index contributed by atoms with van der Waals surface area (Å²) in [4.78, 5) is 4.60. The number of methoxy groups -OCH3 is 1. The predicted octanol–water partition coefficient (Wildman–Crippen LogP) is 4.45. The van der Waals surface area contributed by atoms with Crippen LogP contribution >= 0.6 is 0 Å². The monoisotopic (exact) mass is 473 g/mol. The van der Waals surface area contributed by atoms with Crippen LogP contribution in [-0.2, 0) is 10.0 Å². The number of benzene rings is 3. The van der Waals surface area contributed by atoms with Crippen molar-refractivity contribution in [3.63, 3.8) is 0 Å². The molecule has 34 heavy (non-hydrogen) atoms. The number of aryl methyl sites for hydroxylation is 1. The number of sulfonamides is 1. The van der Waals surface area contributed by atoms with Gasteiger partial charge in [-0.25, -0.2) is 17.8 Å². The van der Waals surface area contributed by atoms with Crippen molar-refractivity contribution in [3.8, 4) is 5.75 Å². The van der Waals surface area contributed by atoms with Crippen LogP contribution < -0.4 is 14.8 Å². The molecule has 8 nitrogen and oxygen atoms in total. The summed E-state index contributed by atoms with van der Waals surface area (Å²) >= 11 is 0. The van der Waals surface area contributed by atoms with Gasteiger partial charge in [-0.05, 0) is 48.4 Å². The molecule has 0 spiro atoms. The van der Waals surface area contributed by atoms with Gasteiger partial charge in [-0.1, -0.05) is 60.2 Å². The van der Waals surface area contributed by atoms with Gasteiger partial charge in [-0.3, -0.25) is 0 Å². The van der Waals surface area contributed by atoms with Gasteiger partial charge in [0.15, 0.2) is 0 Å². The third kappa shape index (κ3) is 4.25. The molecule has 0 fully saturated rings. The fraction of sp³-hybridized carbons (Fsp3) is 0.120. The summed E-state index contributed by atoms with van der Waals surface area (Å²) in [6.07, 6.45) is 2.04. The van der Waals surface area contributed by atoms with Crippen LogP contribution in [-0.4, -0.2) is 30.3 Å². The Hall–Kier alpha value is -4.11. The lowest BCUT2D eigenvalue weighted by Crippen LogP contribution is -2.20. The molecule has 1 aliphatic rings. The molecule has 1 aliphatic heterocycles. The van der Waals surface area contributed by atoms with Gasteiger partial charge in [0.25, 0.3) is 16.0 Å². The third-order valence-electron chi connectivity index (χ3n) is 5.56. The molecule has 0 saturated carbocycles. The molecule has 2 heterocycles. The maximum Gasteiger partial charge on any atom is 0.264 e. The number of allylic oxidation sites excluding steroid dienone is 1. The summed E-state index contributed by atoms with van der Waals surface area (Å²) < 4.78 is 35.2. The Morgan fingerprint density at radius 3 is 2.35 bits per heavy atom. The molecular weight excluding hydrogens is 450 g/mol. The third-order valence-corrected chi connectivity index (χ3v) is 6.91. The maximum atomic E-state index is 12.9. The lowest BCUT2D eigenvalue weighted by Gasteiger charge is -2.24. The first-order chi connectivity index (χ1) is 16.4. The molecule has 1 atom stereocenters. The SMILES string of the molecule is COc1ccc(C2C=C(c3ccccc3)Nc3nc(NS(=O)(=O)c4ccc(C)cc4)nn32)cc1. The second kappa shape index (κ2) is 8.68. The van der Waals surface area contributed by atoms with Crippen molar-refractivity contribution >= 4 is 27.6 Å². The Morgan fingerprint density at radius 2 is 1.68 bits per heavy atom. The van der Waals surface area contributed by atoms with E-state index in [1.807, 2.05) is 67.6 Å². The number of hydrogen-bond acceptors (Lipinski definition) is 6. The summed E-state index contributed by atoms with van der Waals surface area (Å²) in [5, 5.41) is 7.76. The van der Waals surface area contributed by atoms with E-state index in [1.54, 1.807) is 36.1 Å². The van der Waals surface area contributed by atoms with E-state index in [1.165, 1.54) is 0 Å². The first-order valence-electron chi connectivity index (χ1n) is 10.7. The molecule has 2 N–H and O–H groups in total. The second-order valence-corrected chi connectivity index (χ2v) is 9.59. The molecule has 9 heteroatoms. The Morgan fingerprint density at radius 1 is 0.971 bits per heavy atom. The average Bonchev–Trinajstić information content (AvgIpc) is 3.26. The van der Waals surface area contributed by atoms with Crippen molar-refractivity contribution < 1.29 is 13.2 Å². The van der Waals surface area contributed by atoms with Crippen molar-refractivity contribution in [1.82, 2.24) is 14.8 Å². The molecule has 1 unspecified atom stereocenters. The lowest BCUT2D eigenvalue weighted by molar-refractivity contribution is 0.414. The van der Waals surface area contributed by atoms with E-state index in [-0.39, 0.29) is 16.9 Å². The average molecular weight is 474 g/mol. The van der Waals surface area contributed by atoms with E-state index in [4.69, 9.17) is 4.74 Å². The van der Waals surface area contributed by atoms with E-state index in [0.717, 1.165) is 28.1 Å². The quantitative estimate of drug-likeness (QED) is 0.429. The first kappa shape index (κ1) is 21.7. The maximum absolute atomic E-state index is 12.9. The fourth-order valence-corrected chi connectivity index (χ4v) is 4.70. The van der Waals surface area contributed by atoms with Gasteiger partial charge in [0, 0.05) is 5.70 Å². The normalized spacial score (nSPS) is 15.1. The zero-order chi connectivity index (χ0) is 23.7. The van der Waals surface area contributed by atoms with Gasteiger partial charge in [0.05, 0.1) is 12.0 Å². The van der Waals surface area contributed by atoms with Crippen LogP contribution in [0.1, 0.15) is 22.7 Å². The summed E-state index contributed by atoms with van der Waals surface area (Å²) in [5.74, 6) is 1.17. The summed E-state index contributed by atoms with van der Waals surface area (Å²) in [5.41, 5.74) is 3.77. The van der Waals surface area contributed by atoms with Gasteiger partial charge in [-0.15, -0.1) is 5.10 Å². The van der Waals surface area contributed by atoms with Gasteiger partial charge in [0.1, 0.15) is 11.8 Å². The number of rotatable bonds is 6. The number of nitrogens with zero attached hydrogens (tertiary/aromatic N) is 3. The van der Waals surface area contributed by atoms with Crippen LogP contribution in [0.3, 0.4) is 0 Å². The number of hydrogen-bond donors (Lipinski definition) is 2. The van der Waals surface area contributed by atoms with Crippen LogP contribution in [0.5, 0.6) is 5.75 Å². The molecular formula is C25H23N5O3S. The minimum atomic E-state index is -3.84. The molecule has 5 rings (SSSR count). The van der Waals surface area contributed by atoms with Crippen molar-refractivity contribution in [3.05, 3.63) is 102 Å². The molecule has 172 valence electrons. The molecule has 0 aliphatic carbocycles. The number of ether oxygens (including phenoxy) is 1. The molecule has 0 bridgehead atoms. The largest absolute Gasteiger partial charge is 0.497 e. The number of aromatic nitrogens is 3. The van der Waals surface area contributed by atoms with Crippen LogP contribution in [0, 0.1) is 6.92 Å². The fourth-order valence-electron chi connectivity index (χ4n) is 3.76. The van der Waals surface area contributed by atoms with E-state index in [2.05, 4.69) is 20.1 Å². The molecule has 0 amide bonds. The summed E-state index contributed by atoms with van der Waals surface area (Å²) in [6, 6.07) is 23.8. The zero-order valence-electron chi connectivity index (χ0n) is 18.6. The number of nitrogens with one attached hydrogen (secondary N) is 2. The van der Waals surface area contributed by atoms with E-state index < -0.39 is 10.0 Å². The Labute approximate surface area is 198 Å². The molecule has 0 saturated heterocycles.